The van der Waals surface area contributed by atoms with Gasteiger partial charge in [-0.15, -0.1) is 0 Å². The largest absolute Gasteiger partial charge is 0.378 e. The van der Waals surface area contributed by atoms with Crippen LogP contribution in [0.5, 0.6) is 0 Å². The first-order valence-electron chi connectivity index (χ1n) is 5.05. The maximum atomic E-state index is 8.75. The van der Waals surface area contributed by atoms with Crippen LogP contribution in [0.4, 0.5) is 5.69 Å². The molecule has 0 radical (unpaired) electrons. The van der Waals surface area contributed by atoms with Gasteiger partial charge in [-0.2, -0.15) is 5.26 Å². The van der Waals surface area contributed by atoms with Crippen LogP contribution in [0.2, 0.25) is 0 Å². The van der Waals surface area contributed by atoms with E-state index in [1.165, 1.54) is 0 Å². The molecule has 0 amide bonds. The summed E-state index contributed by atoms with van der Waals surface area (Å²) in [4.78, 5) is 0. The summed E-state index contributed by atoms with van der Waals surface area (Å²) in [6.07, 6.45) is 0. The number of halogens is 1. The van der Waals surface area contributed by atoms with Crippen molar-refractivity contribution >= 4 is 21.6 Å². The molecule has 2 rings (SSSR count). The molecule has 2 aromatic rings. The third kappa shape index (κ3) is 2.86. The molecular weight excluding hydrogens is 282 g/mol. The number of hydrogen-bond acceptors (Lipinski definition) is 4. The van der Waals surface area contributed by atoms with E-state index < -0.39 is 0 Å². The number of hydrogen-bond donors (Lipinski definition) is 1. The fraction of sp³-hybridized carbons (Fsp3) is 0.167. The second-order valence-electron chi connectivity index (χ2n) is 3.59. The summed E-state index contributed by atoms with van der Waals surface area (Å²) >= 11 is 3.41. The minimum atomic E-state index is 0.585. The third-order valence-electron chi connectivity index (χ3n) is 2.23. The number of aromatic nitrogens is 1. The van der Waals surface area contributed by atoms with Crippen LogP contribution in [-0.4, -0.2) is 5.16 Å². The van der Waals surface area contributed by atoms with Gasteiger partial charge in [0.25, 0.3) is 0 Å². The van der Waals surface area contributed by atoms with Crippen molar-refractivity contribution in [2.45, 2.75) is 13.5 Å². The lowest BCUT2D eigenvalue weighted by molar-refractivity contribution is 0.391. The molecule has 1 aromatic carbocycles. The van der Waals surface area contributed by atoms with E-state index in [1.54, 1.807) is 12.1 Å². The second kappa shape index (κ2) is 5.02. The second-order valence-corrected chi connectivity index (χ2v) is 4.44. The number of nitrogens with zero attached hydrogens (tertiary/aromatic N) is 2. The molecule has 0 saturated carbocycles. The molecule has 17 heavy (non-hydrogen) atoms. The van der Waals surface area contributed by atoms with Crippen molar-refractivity contribution in [3.05, 3.63) is 45.8 Å². The Kier molecular flexibility index (Phi) is 3.45. The van der Waals surface area contributed by atoms with Crippen molar-refractivity contribution in [3.8, 4) is 6.07 Å². The number of benzene rings is 1. The van der Waals surface area contributed by atoms with Crippen molar-refractivity contribution in [1.82, 2.24) is 5.16 Å². The Morgan fingerprint density at radius 2 is 2.29 bits per heavy atom. The van der Waals surface area contributed by atoms with Gasteiger partial charge in [0.2, 0.25) is 0 Å². The number of aryl methyl sites for hydroxylation is 1. The first kappa shape index (κ1) is 11.7. The predicted octanol–water partition coefficient (Wildman–Crippen LogP) is 3.23. The molecule has 1 aromatic heterocycles. The lowest BCUT2D eigenvalue weighted by Gasteiger charge is -2.06. The lowest BCUT2D eigenvalue weighted by atomic mass is 10.2. The maximum absolute atomic E-state index is 8.75. The van der Waals surface area contributed by atoms with E-state index in [0.29, 0.717) is 12.1 Å². The maximum Gasteiger partial charge on any atom is 0.133 e. The van der Waals surface area contributed by atoms with Crippen molar-refractivity contribution in [1.29, 1.82) is 5.26 Å². The summed E-state index contributed by atoms with van der Waals surface area (Å²) in [6, 6.07) is 9.36. The minimum absolute atomic E-state index is 0.585. The van der Waals surface area contributed by atoms with E-state index in [0.717, 1.165) is 21.6 Å². The Hall–Kier alpha value is -1.80. The Morgan fingerprint density at radius 1 is 1.47 bits per heavy atom. The minimum Gasteiger partial charge on any atom is -0.378 e. The molecule has 0 aliphatic heterocycles. The summed E-state index contributed by atoms with van der Waals surface area (Å²) in [5.74, 6) is 0.792. The SMILES string of the molecule is Cc1cc(CNc2ccc(C#N)cc2Br)no1. The Bertz CT molecular complexity index is 571. The topological polar surface area (TPSA) is 61.9 Å². The van der Waals surface area contributed by atoms with E-state index >= 15 is 0 Å². The number of nitrogens with one attached hydrogen (secondary N) is 1. The van der Waals surface area contributed by atoms with Crippen LogP contribution in [0.1, 0.15) is 17.0 Å². The molecule has 0 fully saturated rings. The molecule has 1 N–H and O–H groups in total. The van der Waals surface area contributed by atoms with Crippen LogP contribution in [-0.2, 0) is 6.54 Å². The molecule has 0 aliphatic rings. The van der Waals surface area contributed by atoms with Gasteiger partial charge in [-0.1, -0.05) is 5.16 Å². The quantitative estimate of drug-likeness (QED) is 0.943. The Balaban J connectivity index is 2.07. The standard InChI is InChI=1S/C12H10BrN3O/c1-8-4-10(16-17-8)7-15-12-3-2-9(6-14)5-11(12)13/h2-5,15H,7H2,1H3. The molecule has 0 spiro atoms. The molecule has 0 aliphatic carbocycles. The number of rotatable bonds is 3. The van der Waals surface area contributed by atoms with Crippen LogP contribution in [0, 0.1) is 18.3 Å². The zero-order valence-corrected chi connectivity index (χ0v) is 10.8. The number of anilines is 1. The van der Waals surface area contributed by atoms with Gasteiger partial charge in [0.1, 0.15) is 11.5 Å². The van der Waals surface area contributed by atoms with Gasteiger partial charge >= 0.3 is 0 Å². The van der Waals surface area contributed by atoms with E-state index in [1.807, 2.05) is 19.1 Å². The predicted molar refractivity (Wildman–Crippen MR) is 67.4 cm³/mol. The Labute approximate surface area is 107 Å². The van der Waals surface area contributed by atoms with Gasteiger partial charge < -0.3 is 9.84 Å². The third-order valence-corrected chi connectivity index (χ3v) is 2.89. The van der Waals surface area contributed by atoms with E-state index in [2.05, 4.69) is 32.5 Å². The monoisotopic (exact) mass is 291 g/mol. The van der Waals surface area contributed by atoms with Gasteiger partial charge in [0.15, 0.2) is 0 Å². The molecule has 5 heteroatoms. The highest BCUT2D eigenvalue weighted by atomic mass is 79.9. The summed E-state index contributed by atoms with van der Waals surface area (Å²) in [5, 5.41) is 15.9. The first-order chi connectivity index (χ1) is 8.19. The summed E-state index contributed by atoms with van der Waals surface area (Å²) < 4.78 is 5.83. The molecule has 0 bridgehead atoms. The zero-order valence-electron chi connectivity index (χ0n) is 9.20. The normalized spacial score (nSPS) is 9.94. The summed E-state index contributed by atoms with van der Waals surface area (Å²) in [6.45, 7) is 2.44. The smallest absolute Gasteiger partial charge is 0.133 e. The first-order valence-corrected chi connectivity index (χ1v) is 5.84. The molecule has 0 saturated heterocycles. The van der Waals surface area contributed by atoms with Crippen molar-refractivity contribution in [3.63, 3.8) is 0 Å². The lowest BCUT2D eigenvalue weighted by Crippen LogP contribution is -2.00. The highest BCUT2D eigenvalue weighted by molar-refractivity contribution is 9.10. The van der Waals surface area contributed by atoms with E-state index in [-0.39, 0.29) is 0 Å². The van der Waals surface area contributed by atoms with Crippen LogP contribution < -0.4 is 5.32 Å². The fourth-order valence-corrected chi connectivity index (χ4v) is 1.93. The van der Waals surface area contributed by atoms with Crippen LogP contribution in [0.15, 0.2) is 33.3 Å². The molecule has 86 valence electrons. The van der Waals surface area contributed by atoms with E-state index in [4.69, 9.17) is 9.78 Å². The molecule has 0 unspecified atom stereocenters. The highest BCUT2D eigenvalue weighted by Crippen LogP contribution is 2.23. The molecular formula is C12H10BrN3O. The molecule has 0 atom stereocenters. The van der Waals surface area contributed by atoms with Gasteiger partial charge in [0.05, 0.1) is 18.2 Å². The average Bonchev–Trinajstić information content (AvgIpc) is 2.73. The molecule has 4 nitrogen and oxygen atoms in total. The zero-order chi connectivity index (χ0) is 12.3. The Morgan fingerprint density at radius 3 is 2.88 bits per heavy atom. The summed E-state index contributed by atoms with van der Waals surface area (Å²) in [7, 11) is 0. The fourth-order valence-electron chi connectivity index (χ4n) is 1.42. The van der Waals surface area contributed by atoms with Crippen LogP contribution in [0.25, 0.3) is 0 Å². The van der Waals surface area contributed by atoms with Crippen molar-refractivity contribution in [2.75, 3.05) is 5.32 Å². The van der Waals surface area contributed by atoms with Gasteiger partial charge in [-0.05, 0) is 41.1 Å². The summed E-state index contributed by atoms with van der Waals surface area (Å²) in [5.41, 5.74) is 2.39. The van der Waals surface area contributed by atoms with Crippen LogP contribution >= 0.6 is 15.9 Å². The van der Waals surface area contributed by atoms with Crippen molar-refractivity contribution < 1.29 is 4.52 Å². The van der Waals surface area contributed by atoms with E-state index in [9.17, 15) is 0 Å². The van der Waals surface area contributed by atoms with Crippen molar-refractivity contribution in [2.24, 2.45) is 0 Å². The van der Waals surface area contributed by atoms with Crippen LogP contribution in [0.3, 0.4) is 0 Å². The van der Waals surface area contributed by atoms with Gasteiger partial charge in [-0.3, -0.25) is 0 Å². The number of nitriles is 1. The van der Waals surface area contributed by atoms with Gasteiger partial charge in [0, 0.05) is 16.2 Å². The highest BCUT2D eigenvalue weighted by Gasteiger charge is 2.03. The van der Waals surface area contributed by atoms with Gasteiger partial charge in [-0.25, -0.2) is 0 Å². The molecule has 1 heterocycles. The average molecular weight is 292 g/mol.